The minimum atomic E-state index is -1.55. The van der Waals surface area contributed by atoms with Crippen LogP contribution in [0.4, 0.5) is 0 Å². The second-order valence-corrected chi connectivity index (χ2v) is 23.6. The zero-order valence-corrected chi connectivity index (χ0v) is 51.2. The van der Waals surface area contributed by atoms with Gasteiger partial charge in [0.25, 0.3) is 0 Å². The van der Waals surface area contributed by atoms with Gasteiger partial charge in [-0.15, -0.1) is 0 Å². The highest BCUT2D eigenvalue weighted by Crippen LogP contribution is 2.24. The predicted octanol–water partition coefficient (Wildman–Crippen LogP) is 18.0. The van der Waals surface area contributed by atoms with Gasteiger partial charge in [0.05, 0.1) is 25.4 Å². The second-order valence-electron chi connectivity index (χ2n) is 23.6. The zero-order chi connectivity index (χ0) is 56.5. The van der Waals surface area contributed by atoms with Crippen LogP contribution in [-0.4, -0.2) is 87.5 Å². The topological polar surface area (TPSA) is 149 Å². The van der Waals surface area contributed by atoms with E-state index in [1.807, 2.05) is 0 Å². The monoisotopic (exact) mass is 1100 g/mol. The number of unbranched alkanes of at least 4 members (excludes halogenated alkanes) is 41. The average molecular weight is 1100 g/mol. The third kappa shape index (κ3) is 46.7. The van der Waals surface area contributed by atoms with Gasteiger partial charge in [-0.3, -0.25) is 4.79 Å². The van der Waals surface area contributed by atoms with E-state index in [1.54, 1.807) is 0 Å². The highest BCUT2D eigenvalue weighted by Gasteiger charge is 2.44. The summed E-state index contributed by atoms with van der Waals surface area (Å²) in [6.07, 6.45) is 71.8. The number of aliphatic hydroxyl groups is 5. The third-order valence-electron chi connectivity index (χ3n) is 16.2. The van der Waals surface area contributed by atoms with Crippen molar-refractivity contribution in [2.75, 3.05) is 13.2 Å². The Morgan fingerprint density at radius 1 is 0.449 bits per heavy atom. The molecule has 0 spiro atoms. The van der Waals surface area contributed by atoms with Gasteiger partial charge >= 0.3 is 0 Å². The van der Waals surface area contributed by atoms with Crippen LogP contribution in [0.2, 0.25) is 0 Å². The van der Waals surface area contributed by atoms with E-state index in [9.17, 15) is 30.3 Å². The van der Waals surface area contributed by atoms with Gasteiger partial charge in [0.1, 0.15) is 24.4 Å². The Balaban J connectivity index is 2.06. The van der Waals surface area contributed by atoms with E-state index >= 15 is 0 Å². The molecule has 1 heterocycles. The van der Waals surface area contributed by atoms with Crippen LogP contribution in [-0.2, 0) is 14.3 Å². The van der Waals surface area contributed by atoms with E-state index < -0.39 is 49.5 Å². The quantitative estimate of drug-likeness (QED) is 0.0261. The normalized spacial score (nSPS) is 18.9. The van der Waals surface area contributed by atoms with Gasteiger partial charge < -0.3 is 40.3 Å². The number of carbonyl (C=O) groups is 1. The summed E-state index contributed by atoms with van der Waals surface area (Å²) in [5.74, 6) is -0.138. The summed E-state index contributed by atoms with van der Waals surface area (Å²) in [5, 5.41) is 54.8. The lowest BCUT2D eigenvalue weighted by Gasteiger charge is -2.40. The van der Waals surface area contributed by atoms with Crippen molar-refractivity contribution < 1.29 is 39.8 Å². The van der Waals surface area contributed by atoms with Gasteiger partial charge in [0.15, 0.2) is 6.29 Å². The summed E-state index contributed by atoms with van der Waals surface area (Å²) in [4.78, 5) is 13.1. The number of carbonyl (C=O) groups excluding carboxylic acids is 1. The molecule has 1 rings (SSSR count). The number of hydrogen-bond acceptors (Lipinski definition) is 8. The fourth-order valence-electron chi connectivity index (χ4n) is 10.9. The molecule has 6 N–H and O–H groups in total. The Kier molecular flexibility index (Phi) is 55.5. The summed E-state index contributed by atoms with van der Waals surface area (Å²) >= 11 is 0. The molecule has 0 aliphatic carbocycles. The number of nitrogens with one attached hydrogen (secondary N) is 1. The van der Waals surface area contributed by atoms with E-state index in [-0.39, 0.29) is 12.5 Å². The molecule has 0 aromatic rings. The number of allylic oxidation sites excluding steroid dienone is 8. The molecule has 0 aromatic carbocycles. The molecule has 0 radical (unpaired) electrons. The molecule has 0 bridgehead atoms. The molecular formula is C69H129NO8. The number of rotatable bonds is 59. The lowest BCUT2D eigenvalue weighted by atomic mass is 9.99. The smallest absolute Gasteiger partial charge is 0.220 e. The van der Waals surface area contributed by atoms with Crippen molar-refractivity contribution in [3.63, 3.8) is 0 Å². The zero-order valence-electron chi connectivity index (χ0n) is 51.2. The molecule has 9 heteroatoms. The predicted molar refractivity (Wildman–Crippen MR) is 332 cm³/mol. The van der Waals surface area contributed by atoms with Crippen molar-refractivity contribution in [2.24, 2.45) is 0 Å². The van der Waals surface area contributed by atoms with Crippen molar-refractivity contribution in [1.29, 1.82) is 0 Å². The molecule has 78 heavy (non-hydrogen) atoms. The first-order chi connectivity index (χ1) is 38.3. The van der Waals surface area contributed by atoms with Gasteiger partial charge in [0.2, 0.25) is 5.91 Å². The molecule has 0 saturated carbocycles. The second kappa shape index (κ2) is 58.4. The van der Waals surface area contributed by atoms with Crippen LogP contribution in [0.25, 0.3) is 0 Å². The first-order valence-corrected chi connectivity index (χ1v) is 33.8. The van der Waals surface area contributed by atoms with Crippen LogP contribution in [0.5, 0.6) is 0 Å². The van der Waals surface area contributed by atoms with Crippen LogP contribution in [0, 0.1) is 0 Å². The minimum absolute atomic E-state index is 0.134. The van der Waals surface area contributed by atoms with Crippen LogP contribution >= 0.6 is 0 Å². The van der Waals surface area contributed by atoms with E-state index in [2.05, 4.69) is 67.8 Å². The number of amides is 1. The maximum Gasteiger partial charge on any atom is 0.220 e. The lowest BCUT2D eigenvalue weighted by molar-refractivity contribution is -0.302. The van der Waals surface area contributed by atoms with Crippen molar-refractivity contribution >= 4 is 5.91 Å². The van der Waals surface area contributed by atoms with E-state index in [0.717, 1.165) is 64.2 Å². The first kappa shape index (κ1) is 74.2. The van der Waals surface area contributed by atoms with Gasteiger partial charge in [-0.25, -0.2) is 0 Å². The molecule has 1 saturated heterocycles. The third-order valence-corrected chi connectivity index (χ3v) is 16.2. The van der Waals surface area contributed by atoms with Crippen LogP contribution in [0.15, 0.2) is 48.6 Å². The molecule has 1 aliphatic heterocycles. The standard InChI is InChI=1S/C69H129NO8/c1-3-5-7-9-11-13-15-17-19-21-23-24-25-26-27-28-29-30-31-32-33-34-35-36-37-38-39-40-41-43-45-47-49-51-53-55-57-59-65(73)70-62(61-77-69-68(76)67(75)66(74)64(60-71)78-69)63(72)58-56-54-52-50-48-46-44-42-22-20-18-16-14-12-10-8-6-4-2/h5,7,11,13,17,19,23-24,62-64,66-69,71-72,74-76H,3-4,6,8-10,12,14-16,18,20-22,25-61H2,1-2H3,(H,70,73)/b7-5-,13-11-,19-17-,24-23-. The molecule has 1 fully saturated rings. The van der Waals surface area contributed by atoms with Crippen LogP contribution in [0.1, 0.15) is 328 Å². The van der Waals surface area contributed by atoms with E-state index in [4.69, 9.17) is 9.47 Å². The number of aliphatic hydroxyl groups excluding tert-OH is 5. The minimum Gasteiger partial charge on any atom is -0.394 e. The van der Waals surface area contributed by atoms with Gasteiger partial charge in [-0.05, 0) is 51.4 Å². The molecule has 1 amide bonds. The first-order valence-electron chi connectivity index (χ1n) is 33.8. The Bertz CT molecular complexity index is 1370. The molecule has 7 unspecified atom stereocenters. The van der Waals surface area contributed by atoms with Crippen molar-refractivity contribution in [3.05, 3.63) is 48.6 Å². The number of hydrogen-bond donors (Lipinski definition) is 6. The SMILES string of the molecule is CC/C=C\C/C=C\C/C=C\C/C=C\CCCCCCCCCCCCCCCCCCCCCCCCCCC(=O)NC(COC1OC(CO)C(O)C(O)C1O)C(O)CCCCCCCCCCCCCCCCCCCC. The maximum absolute atomic E-state index is 13.1. The fourth-order valence-corrected chi connectivity index (χ4v) is 10.9. The largest absolute Gasteiger partial charge is 0.394 e. The van der Waals surface area contributed by atoms with Crippen LogP contribution in [0.3, 0.4) is 0 Å². The Morgan fingerprint density at radius 2 is 0.795 bits per heavy atom. The summed E-state index contributed by atoms with van der Waals surface area (Å²) in [6, 6.07) is -0.718. The summed E-state index contributed by atoms with van der Waals surface area (Å²) in [6.45, 7) is 3.77. The average Bonchev–Trinajstić information content (AvgIpc) is 3.45. The highest BCUT2D eigenvalue weighted by molar-refractivity contribution is 5.76. The lowest BCUT2D eigenvalue weighted by Crippen LogP contribution is -2.60. The van der Waals surface area contributed by atoms with Crippen molar-refractivity contribution in [3.8, 4) is 0 Å². The molecule has 1 aliphatic rings. The fraction of sp³-hybridized carbons (Fsp3) is 0.870. The molecule has 458 valence electrons. The van der Waals surface area contributed by atoms with Gasteiger partial charge in [-0.2, -0.15) is 0 Å². The molecular weight excluding hydrogens is 971 g/mol. The Labute approximate surface area is 482 Å². The molecule has 7 atom stereocenters. The maximum atomic E-state index is 13.1. The van der Waals surface area contributed by atoms with Crippen molar-refractivity contribution in [1.82, 2.24) is 5.32 Å². The molecule has 0 aromatic heterocycles. The summed E-state index contributed by atoms with van der Waals surface area (Å²) in [7, 11) is 0. The van der Waals surface area contributed by atoms with Gasteiger partial charge in [0, 0.05) is 6.42 Å². The van der Waals surface area contributed by atoms with Gasteiger partial charge in [-0.1, -0.05) is 319 Å². The Hall–Kier alpha value is -1.85. The Morgan fingerprint density at radius 3 is 1.18 bits per heavy atom. The van der Waals surface area contributed by atoms with E-state index in [1.165, 1.54) is 238 Å². The van der Waals surface area contributed by atoms with E-state index in [0.29, 0.717) is 12.8 Å². The summed E-state index contributed by atoms with van der Waals surface area (Å²) < 4.78 is 11.4. The summed E-state index contributed by atoms with van der Waals surface area (Å²) in [5.41, 5.74) is 0. The number of ether oxygens (including phenoxy) is 2. The van der Waals surface area contributed by atoms with Crippen molar-refractivity contribution in [2.45, 2.75) is 371 Å². The molecule has 9 nitrogen and oxygen atoms in total. The highest BCUT2D eigenvalue weighted by atomic mass is 16.7. The van der Waals surface area contributed by atoms with Crippen LogP contribution < -0.4 is 5.32 Å².